The van der Waals surface area contributed by atoms with E-state index in [4.69, 9.17) is 45.8 Å². The molecule has 0 radical (unpaired) electrons. The Hall–Kier alpha value is -7.06. The van der Waals surface area contributed by atoms with E-state index in [0.717, 1.165) is 16.0 Å². The number of nitrogens with one attached hydrogen (secondary N) is 5. The van der Waals surface area contributed by atoms with Crippen LogP contribution in [0.3, 0.4) is 0 Å². The normalized spacial score (nSPS) is 24.0. The fourth-order valence-electron chi connectivity index (χ4n) is 10.5. The van der Waals surface area contributed by atoms with Crippen LogP contribution >= 0.6 is 27.5 Å². The van der Waals surface area contributed by atoms with E-state index in [0.29, 0.717) is 37.1 Å². The van der Waals surface area contributed by atoms with E-state index >= 15 is 0 Å². The number of unbranched alkanes of at least 4 members (excludes halogenated alkanes) is 1. The number of allylic oxidation sites excluding steroid dienone is 3. The van der Waals surface area contributed by atoms with Gasteiger partial charge in [-0.25, -0.2) is 19.2 Å². The molecule has 2 aromatic rings. The first-order valence-corrected chi connectivity index (χ1v) is 30.7. The second-order valence-electron chi connectivity index (χ2n) is 23.7. The van der Waals surface area contributed by atoms with Crippen LogP contribution in [0.4, 0.5) is 21.0 Å². The molecule has 24 nitrogen and oxygen atoms in total. The average molecular weight is 1310 g/mol. The quantitative estimate of drug-likeness (QED) is 0.0144. The smallest absolute Gasteiger partial charge is 0.409 e. The first kappa shape index (κ1) is 71.7. The molecule has 3 aliphatic rings. The molecule has 8 amide bonds. The second kappa shape index (κ2) is 31.4. The molecular formula is C62H86BrClN8O16. The van der Waals surface area contributed by atoms with E-state index in [-0.39, 0.29) is 59.4 Å². The molecule has 88 heavy (non-hydrogen) atoms. The molecule has 3 heterocycles. The summed E-state index contributed by atoms with van der Waals surface area (Å²) in [6.45, 7) is 17.4. The number of para-hydroxylation sites is 1. The molecular weight excluding hydrogens is 1230 g/mol. The average Bonchev–Trinajstić information content (AvgIpc) is 1.58. The number of esters is 2. The molecule has 2 saturated heterocycles. The van der Waals surface area contributed by atoms with Gasteiger partial charge in [0.15, 0.2) is 5.72 Å². The van der Waals surface area contributed by atoms with Crippen molar-refractivity contribution in [2.75, 3.05) is 50.4 Å². The van der Waals surface area contributed by atoms with E-state index in [1.165, 1.54) is 52.3 Å². The van der Waals surface area contributed by atoms with Crippen molar-refractivity contribution in [3.8, 4) is 5.75 Å². The van der Waals surface area contributed by atoms with Crippen LogP contribution in [0.5, 0.6) is 5.75 Å². The summed E-state index contributed by atoms with van der Waals surface area (Å²) >= 11 is 10.1. The number of hydrogen-bond donors (Lipinski definition) is 7. The molecule has 5 rings (SSSR count). The summed E-state index contributed by atoms with van der Waals surface area (Å²) < 4.78 is 35.2. The van der Waals surface area contributed by atoms with Crippen molar-refractivity contribution in [3.05, 3.63) is 88.5 Å². The third-order valence-electron chi connectivity index (χ3n) is 16.0. The Morgan fingerprint density at radius 1 is 1.05 bits per heavy atom. The minimum absolute atomic E-state index is 0.00637. The Morgan fingerprint density at radius 3 is 2.39 bits per heavy atom. The van der Waals surface area contributed by atoms with Crippen LogP contribution in [0.25, 0.3) is 0 Å². The van der Waals surface area contributed by atoms with Gasteiger partial charge >= 0.3 is 24.1 Å². The number of rotatable bonds is 24. The standard InChI is InChI=1S/C62H86BrClN8O16/c1-34(2)51(69-48(73)25-16-17-26-60(7,8)88-56(78)36(4)33-63)54(76)68-42(23-19-27-66-58(65)80)53(75)67-41-22-15-14-21-40(41)55(77)71(10)38(6)57(79)86-47-31-49(74)72(11)43-29-39(30-44(83-12)50(43)64)28-35(3)20-18-24-46(84-13)62(82)32-45(85-59(81)70-62)37(5)52-61(47,9)87-52/h14-15,18,20-22,24,29-30,34,37-38,42,45-47,51-52,82H,4,16-17,19,23,25-28,31-33H2,1-3,5-13H3,(H,67,75)(H,68,76)(H,69,73)(H,70,81)(H3,65,66,80)/b24-18+,35-20+/t37-,38+,42+,45+,46-,47+,51+,52+,61+,62+/m1/s1. The number of alkyl carbamates (subject to hydrolysis) is 1. The van der Waals surface area contributed by atoms with Gasteiger partial charge < -0.3 is 70.3 Å². The maximum absolute atomic E-state index is 14.6. The molecule has 484 valence electrons. The van der Waals surface area contributed by atoms with Gasteiger partial charge in [0, 0.05) is 57.4 Å². The molecule has 0 spiro atoms. The molecule has 0 unspecified atom stereocenters. The monoisotopic (exact) mass is 1310 g/mol. The van der Waals surface area contributed by atoms with Crippen molar-refractivity contribution in [1.29, 1.82) is 0 Å². The van der Waals surface area contributed by atoms with Crippen LogP contribution in [-0.4, -0.2) is 163 Å². The number of carbonyl (C=O) groups is 9. The maximum atomic E-state index is 14.6. The molecule has 4 bridgehead atoms. The number of hydrogen-bond acceptors (Lipinski definition) is 16. The number of aliphatic hydroxyl groups is 1. The highest BCUT2D eigenvalue weighted by Gasteiger charge is 2.64. The zero-order valence-electron chi connectivity index (χ0n) is 52.2. The Kier molecular flexibility index (Phi) is 25.6. The lowest BCUT2D eigenvalue weighted by Gasteiger charge is -2.42. The van der Waals surface area contributed by atoms with Crippen LogP contribution in [0, 0.1) is 11.8 Å². The van der Waals surface area contributed by atoms with Gasteiger partial charge in [-0.15, -0.1) is 0 Å². The Bertz CT molecular complexity index is 3000. The predicted octanol–water partition coefficient (Wildman–Crippen LogP) is 6.67. The number of fused-ring (bicyclic) bond motifs is 5. The van der Waals surface area contributed by atoms with Crippen LogP contribution in [-0.2, 0) is 58.9 Å². The summed E-state index contributed by atoms with van der Waals surface area (Å²) in [4.78, 5) is 125. The SMILES string of the molecule is C=C(CBr)C(=O)OC(C)(C)CCCCC(=O)N[C@H](C(=O)N[C@@H](CCCNC(N)=O)C(=O)Nc1ccccc1C(=O)N(C)[C@@H](C)C(=O)O[C@H]1CC(=O)N(C)c2cc(cc(OC)c2Cl)C/C(C)=C/C=C/[C@@H](OC)[C@@]2(O)C[C@H](OC(=O)N2)[C@@H](C)[C@@H]2O[C@@]12C)C(C)C. The number of methoxy groups -OCH3 is 2. The van der Waals surface area contributed by atoms with Gasteiger partial charge in [0.2, 0.25) is 23.6 Å². The van der Waals surface area contributed by atoms with Crippen molar-refractivity contribution in [3.63, 3.8) is 0 Å². The van der Waals surface area contributed by atoms with Gasteiger partial charge in [-0.3, -0.25) is 29.3 Å². The first-order chi connectivity index (χ1) is 41.3. The van der Waals surface area contributed by atoms with Gasteiger partial charge in [-0.1, -0.05) is 90.8 Å². The number of primary amides is 1. The van der Waals surface area contributed by atoms with Crippen molar-refractivity contribution < 1.29 is 76.7 Å². The van der Waals surface area contributed by atoms with Gasteiger partial charge in [-0.05, 0) is 109 Å². The Balaban J connectivity index is 1.37. The number of epoxide rings is 1. The molecule has 26 heteroatoms. The maximum Gasteiger partial charge on any atom is 0.409 e. The Labute approximate surface area is 527 Å². The van der Waals surface area contributed by atoms with Gasteiger partial charge in [0.1, 0.15) is 58.4 Å². The van der Waals surface area contributed by atoms with Gasteiger partial charge in [0.05, 0.1) is 36.6 Å². The minimum atomic E-state index is -1.93. The summed E-state index contributed by atoms with van der Waals surface area (Å²) in [7, 11) is 5.71. The summed E-state index contributed by atoms with van der Waals surface area (Å²) in [5.41, 5.74) is 3.25. The predicted molar refractivity (Wildman–Crippen MR) is 332 cm³/mol. The molecule has 10 atom stereocenters. The number of likely N-dealkylation sites (N-methyl/N-ethyl adjacent to an activating group) is 1. The summed E-state index contributed by atoms with van der Waals surface area (Å²) in [5, 5.41) is 25.6. The zero-order valence-corrected chi connectivity index (χ0v) is 54.5. The highest BCUT2D eigenvalue weighted by Crippen LogP contribution is 2.49. The van der Waals surface area contributed by atoms with E-state index < -0.39 is 131 Å². The number of amides is 8. The summed E-state index contributed by atoms with van der Waals surface area (Å²) in [6.07, 6.45) is 1.43. The number of ether oxygens (including phenoxy) is 6. The third-order valence-corrected chi connectivity index (χ3v) is 17.0. The molecule has 8 N–H and O–H groups in total. The lowest BCUT2D eigenvalue weighted by molar-refractivity contribution is -0.158. The third kappa shape index (κ3) is 19.0. The van der Waals surface area contributed by atoms with E-state index in [2.05, 4.69) is 49.1 Å². The molecule has 0 aliphatic carbocycles. The van der Waals surface area contributed by atoms with Crippen LogP contribution in [0.15, 0.2) is 72.4 Å². The number of nitrogens with zero attached hydrogens (tertiary/aromatic N) is 2. The van der Waals surface area contributed by atoms with Crippen molar-refractivity contribution in [1.82, 2.24) is 26.2 Å². The van der Waals surface area contributed by atoms with Gasteiger partial charge in [-0.2, -0.15) is 0 Å². The van der Waals surface area contributed by atoms with Crippen molar-refractivity contribution in [2.24, 2.45) is 17.6 Å². The summed E-state index contributed by atoms with van der Waals surface area (Å²) in [6, 6.07) is 4.97. The van der Waals surface area contributed by atoms with E-state index in [1.807, 2.05) is 13.0 Å². The Morgan fingerprint density at radius 2 is 1.74 bits per heavy atom. The fraction of sp³-hybridized carbons (Fsp3) is 0.565. The zero-order chi connectivity index (χ0) is 65.6. The molecule has 0 saturated carbocycles. The molecule has 2 aromatic carbocycles. The number of alkyl halides is 1. The van der Waals surface area contributed by atoms with Crippen LogP contribution in [0.2, 0.25) is 5.02 Å². The number of urea groups is 1. The van der Waals surface area contributed by atoms with E-state index in [9.17, 15) is 48.3 Å². The van der Waals surface area contributed by atoms with Gasteiger partial charge in [0.25, 0.3) is 5.91 Å². The number of benzene rings is 2. The molecule has 0 aromatic heterocycles. The largest absolute Gasteiger partial charge is 0.495 e. The topological polar surface area (TPSA) is 325 Å². The number of carbonyl (C=O) groups excluding carboxylic acids is 9. The highest BCUT2D eigenvalue weighted by atomic mass is 79.9. The number of anilines is 2. The highest BCUT2D eigenvalue weighted by molar-refractivity contribution is 9.09. The van der Waals surface area contributed by atoms with Crippen molar-refractivity contribution in [2.45, 2.75) is 173 Å². The van der Waals surface area contributed by atoms with Crippen LogP contribution < -0.4 is 42.0 Å². The minimum Gasteiger partial charge on any atom is -0.495 e. The fourth-order valence-corrected chi connectivity index (χ4v) is 11.0. The number of nitrogens with two attached hydrogens (primary N) is 1. The second-order valence-corrected chi connectivity index (χ2v) is 24.7. The number of halogens is 2. The first-order valence-electron chi connectivity index (χ1n) is 29.2. The lowest BCUT2D eigenvalue weighted by atomic mass is 9.83. The lowest BCUT2D eigenvalue weighted by Crippen LogP contribution is -2.63. The summed E-state index contributed by atoms with van der Waals surface area (Å²) in [5.74, 6) is -5.42. The van der Waals surface area contributed by atoms with Crippen molar-refractivity contribution >= 4 is 92.5 Å². The van der Waals surface area contributed by atoms with E-state index in [1.54, 1.807) is 78.0 Å². The molecule has 3 aliphatic heterocycles. The van der Waals surface area contributed by atoms with Crippen LogP contribution in [0.1, 0.15) is 123 Å². The molecule has 2 fully saturated rings.